The molecule has 0 bridgehead atoms. The third kappa shape index (κ3) is 1.51. The van der Waals surface area contributed by atoms with Gasteiger partial charge in [0.25, 0.3) is 0 Å². The lowest BCUT2D eigenvalue weighted by atomic mass is 10.1. The number of rotatable bonds is 1. The highest BCUT2D eigenvalue weighted by Crippen LogP contribution is 2.26. The van der Waals surface area contributed by atoms with Gasteiger partial charge in [0.15, 0.2) is 0 Å². The molecular formula is C12H14ClN3. The average molecular weight is 236 g/mol. The first-order chi connectivity index (χ1) is 7.75. The number of aryl methyl sites for hydroxylation is 1. The predicted molar refractivity (Wildman–Crippen MR) is 64.9 cm³/mol. The summed E-state index contributed by atoms with van der Waals surface area (Å²) in [5.41, 5.74) is 3.34. The van der Waals surface area contributed by atoms with Crippen molar-refractivity contribution in [1.29, 1.82) is 0 Å². The Morgan fingerprint density at radius 3 is 3.12 bits per heavy atom. The van der Waals surface area contributed by atoms with Gasteiger partial charge in [-0.05, 0) is 38.4 Å². The van der Waals surface area contributed by atoms with Crippen molar-refractivity contribution in [2.24, 2.45) is 0 Å². The molecule has 1 aliphatic heterocycles. The van der Waals surface area contributed by atoms with E-state index in [2.05, 4.69) is 21.6 Å². The number of pyridine rings is 1. The maximum Gasteiger partial charge on any atom is 0.137 e. The van der Waals surface area contributed by atoms with Gasteiger partial charge in [-0.2, -0.15) is 0 Å². The van der Waals surface area contributed by atoms with Gasteiger partial charge in [-0.25, -0.2) is 4.98 Å². The fourth-order valence-electron chi connectivity index (χ4n) is 2.40. The molecule has 3 rings (SSSR count). The zero-order valence-electron chi connectivity index (χ0n) is 9.20. The van der Waals surface area contributed by atoms with Crippen molar-refractivity contribution in [3.05, 3.63) is 34.7 Å². The Morgan fingerprint density at radius 1 is 1.50 bits per heavy atom. The van der Waals surface area contributed by atoms with E-state index in [9.17, 15) is 0 Å². The van der Waals surface area contributed by atoms with E-state index in [0.717, 1.165) is 17.2 Å². The quantitative estimate of drug-likeness (QED) is 0.824. The molecule has 0 aliphatic carbocycles. The van der Waals surface area contributed by atoms with Crippen LogP contribution < -0.4 is 5.32 Å². The lowest BCUT2D eigenvalue weighted by molar-refractivity contribution is 0.627. The van der Waals surface area contributed by atoms with Crippen molar-refractivity contribution in [3.8, 4) is 0 Å². The normalized spacial score (nSPS) is 20.8. The van der Waals surface area contributed by atoms with Crippen molar-refractivity contribution in [2.45, 2.75) is 25.8 Å². The van der Waals surface area contributed by atoms with Crippen molar-refractivity contribution in [2.75, 3.05) is 6.54 Å². The van der Waals surface area contributed by atoms with E-state index in [1.807, 2.05) is 18.3 Å². The largest absolute Gasteiger partial charge is 0.309 e. The van der Waals surface area contributed by atoms with Gasteiger partial charge in [0.2, 0.25) is 0 Å². The molecule has 0 aromatic carbocycles. The Bertz CT molecular complexity index is 526. The maximum atomic E-state index is 6.00. The zero-order valence-corrected chi connectivity index (χ0v) is 9.96. The molecule has 0 amide bonds. The summed E-state index contributed by atoms with van der Waals surface area (Å²) in [6, 6.07) is 4.27. The number of fused-ring (bicyclic) bond motifs is 1. The van der Waals surface area contributed by atoms with Gasteiger partial charge in [0, 0.05) is 11.9 Å². The third-order valence-corrected chi connectivity index (χ3v) is 3.47. The molecule has 0 spiro atoms. The molecule has 3 nitrogen and oxygen atoms in total. The van der Waals surface area contributed by atoms with Gasteiger partial charge < -0.3 is 9.72 Å². The van der Waals surface area contributed by atoms with Crippen LogP contribution >= 0.6 is 11.6 Å². The van der Waals surface area contributed by atoms with E-state index in [-0.39, 0.29) is 0 Å². The number of hydrogen-bond donors (Lipinski definition) is 1. The smallest absolute Gasteiger partial charge is 0.137 e. The van der Waals surface area contributed by atoms with Crippen LogP contribution in [-0.2, 0) is 0 Å². The molecule has 2 aromatic rings. The fraction of sp³-hybridized carbons (Fsp3) is 0.417. The van der Waals surface area contributed by atoms with E-state index in [4.69, 9.17) is 11.6 Å². The lowest BCUT2D eigenvalue weighted by Gasteiger charge is -2.07. The van der Waals surface area contributed by atoms with Crippen LogP contribution in [0.5, 0.6) is 0 Å². The Morgan fingerprint density at radius 2 is 2.38 bits per heavy atom. The van der Waals surface area contributed by atoms with Crippen LogP contribution in [0, 0.1) is 6.92 Å². The molecule has 16 heavy (non-hydrogen) atoms. The van der Waals surface area contributed by atoms with Crippen molar-refractivity contribution < 1.29 is 0 Å². The molecule has 1 fully saturated rings. The fourth-order valence-corrected chi connectivity index (χ4v) is 2.56. The summed E-state index contributed by atoms with van der Waals surface area (Å²) in [6.45, 7) is 3.20. The van der Waals surface area contributed by atoms with Crippen LogP contribution in [0.3, 0.4) is 0 Å². The molecule has 3 heterocycles. The highest BCUT2D eigenvalue weighted by Gasteiger charge is 2.21. The monoisotopic (exact) mass is 235 g/mol. The number of halogens is 1. The van der Waals surface area contributed by atoms with Crippen molar-refractivity contribution in [3.63, 3.8) is 0 Å². The van der Waals surface area contributed by atoms with Gasteiger partial charge in [-0.3, -0.25) is 0 Å². The molecule has 2 aromatic heterocycles. The third-order valence-electron chi connectivity index (χ3n) is 3.25. The summed E-state index contributed by atoms with van der Waals surface area (Å²) < 4.78 is 2.07. The topological polar surface area (TPSA) is 29.3 Å². The lowest BCUT2D eigenvalue weighted by Crippen LogP contribution is -2.14. The Kier molecular flexibility index (Phi) is 2.37. The molecule has 0 saturated carbocycles. The summed E-state index contributed by atoms with van der Waals surface area (Å²) in [4.78, 5) is 4.68. The molecule has 1 atom stereocenters. The zero-order chi connectivity index (χ0) is 11.1. The average Bonchev–Trinajstić information content (AvgIpc) is 2.87. The number of nitrogens with one attached hydrogen (secondary N) is 1. The molecule has 84 valence electrons. The summed E-state index contributed by atoms with van der Waals surface area (Å²) in [5.74, 6) is 0. The molecule has 1 N–H and O–H groups in total. The van der Waals surface area contributed by atoms with Gasteiger partial charge in [0.05, 0.1) is 16.8 Å². The highest BCUT2D eigenvalue weighted by molar-refractivity contribution is 6.30. The highest BCUT2D eigenvalue weighted by atomic mass is 35.5. The summed E-state index contributed by atoms with van der Waals surface area (Å²) in [7, 11) is 0. The molecule has 4 heteroatoms. The van der Waals surface area contributed by atoms with E-state index in [0.29, 0.717) is 6.04 Å². The molecule has 0 radical (unpaired) electrons. The summed E-state index contributed by atoms with van der Waals surface area (Å²) in [6.07, 6.45) is 4.34. The SMILES string of the molecule is Cc1c(C2CCCN2)nc2ccc(Cl)cn12. The minimum absolute atomic E-state index is 0.415. The molecule has 1 saturated heterocycles. The Labute approximate surface area is 99.4 Å². The Balaban J connectivity index is 2.15. The van der Waals surface area contributed by atoms with Crippen LogP contribution in [0.2, 0.25) is 5.02 Å². The van der Waals surface area contributed by atoms with Crippen LogP contribution in [0.4, 0.5) is 0 Å². The minimum atomic E-state index is 0.415. The van der Waals surface area contributed by atoms with E-state index >= 15 is 0 Å². The first-order valence-electron chi connectivity index (χ1n) is 5.63. The predicted octanol–water partition coefficient (Wildman–Crippen LogP) is 2.72. The molecular weight excluding hydrogens is 222 g/mol. The summed E-state index contributed by atoms with van der Waals surface area (Å²) in [5, 5.41) is 4.23. The minimum Gasteiger partial charge on any atom is -0.309 e. The van der Waals surface area contributed by atoms with Crippen LogP contribution in [0.25, 0.3) is 5.65 Å². The number of aromatic nitrogens is 2. The van der Waals surface area contributed by atoms with Crippen LogP contribution in [0.15, 0.2) is 18.3 Å². The van der Waals surface area contributed by atoms with Gasteiger partial charge in [-0.1, -0.05) is 11.6 Å². The second kappa shape index (κ2) is 3.75. The molecule has 1 aliphatic rings. The van der Waals surface area contributed by atoms with Crippen LogP contribution in [0.1, 0.15) is 30.3 Å². The van der Waals surface area contributed by atoms with E-state index in [1.165, 1.54) is 24.2 Å². The number of nitrogens with zero attached hydrogens (tertiary/aromatic N) is 2. The Hall–Kier alpha value is -1.06. The first kappa shape index (κ1) is 10.1. The maximum absolute atomic E-state index is 6.00. The second-order valence-corrected chi connectivity index (χ2v) is 4.74. The second-order valence-electron chi connectivity index (χ2n) is 4.31. The van der Waals surface area contributed by atoms with E-state index in [1.54, 1.807) is 0 Å². The van der Waals surface area contributed by atoms with Gasteiger partial charge in [-0.15, -0.1) is 0 Å². The standard InChI is InChI=1S/C12H14ClN3/c1-8-12(10-3-2-6-14-10)15-11-5-4-9(13)7-16(8)11/h4-5,7,10,14H,2-3,6H2,1H3. The van der Waals surface area contributed by atoms with Crippen molar-refractivity contribution in [1.82, 2.24) is 14.7 Å². The van der Waals surface area contributed by atoms with Crippen molar-refractivity contribution >= 4 is 17.2 Å². The number of imidazole rings is 1. The van der Waals surface area contributed by atoms with Gasteiger partial charge >= 0.3 is 0 Å². The van der Waals surface area contributed by atoms with Crippen LogP contribution in [-0.4, -0.2) is 15.9 Å². The first-order valence-corrected chi connectivity index (χ1v) is 6.01. The number of hydrogen-bond acceptors (Lipinski definition) is 2. The van der Waals surface area contributed by atoms with Gasteiger partial charge in [0.1, 0.15) is 5.65 Å². The summed E-state index contributed by atoms with van der Waals surface area (Å²) >= 11 is 6.00. The van der Waals surface area contributed by atoms with E-state index < -0.39 is 0 Å². The molecule has 1 unspecified atom stereocenters.